The van der Waals surface area contributed by atoms with Crippen LogP contribution < -0.4 is 10.6 Å². The van der Waals surface area contributed by atoms with E-state index in [2.05, 4.69) is 22.5 Å². The summed E-state index contributed by atoms with van der Waals surface area (Å²) in [5, 5.41) is 6.81. The largest absolute Gasteiger partial charge is 0.355 e. The van der Waals surface area contributed by atoms with Crippen molar-refractivity contribution in [1.82, 2.24) is 10.6 Å². The van der Waals surface area contributed by atoms with E-state index in [4.69, 9.17) is 0 Å². The maximum absolute atomic E-state index is 11.4. The summed E-state index contributed by atoms with van der Waals surface area (Å²) in [6, 6.07) is 0.214. The Morgan fingerprint density at radius 1 is 1.67 bits per heavy atom. The molecule has 0 aliphatic carbocycles. The Morgan fingerprint density at radius 2 is 2.40 bits per heavy atom. The lowest BCUT2D eigenvalue weighted by atomic mass is 10.3. The normalized spacial score (nSPS) is 22.1. The van der Waals surface area contributed by atoms with Gasteiger partial charge in [-0.1, -0.05) is 18.7 Å². The van der Waals surface area contributed by atoms with E-state index >= 15 is 0 Å². The Kier molecular flexibility index (Phi) is 4.94. The molecule has 1 aliphatic rings. The van der Waals surface area contributed by atoms with Crippen LogP contribution in [0.2, 0.25) is 0 Å². The van der Waals surface area contributed by atoms with Crippen molar-refractivity contribution in [2.24, 2.45) is 4.99 Å². The maximum atomic E-state index is 11.4. The van der Waals surface area contributed by atoms with Gasteiger partial charge in [0.15, 0.2) is 5.17 Å². The number of carbonyl (C=O) groups excluding carboxylic acids is 1. The minimum atomic E-state index is -0.202. The maximum Gasteiger partial charge on any atom is 0.242 e. The SMILES string of the molecule is CCNC(=O)C(C)NC1=NC(CC)CS1. The van der Waals surface area contributed by atoms with Gasteiger partial charge in [0.2, 0.25) is 5.91 Å². The molecule has 0 saturated heterocycles. The first kappa shape index (κ1) is 12.4. The molecule has 0 aromatic heterocycles. The van der Waals surface area contributed by atoms with E-state index in [9.17, 15) is 4.79 Å². The lowest BCUT2D eigenvalue weighted by molar-refractivity contribution is -0.122. The molecule has 5 heteroatoms. The van der Waals surface area contributed by atoms with Gasteiger partial charge in [-0.05, 0) is 20.3 Å². The van der Waals surface area contributed by atoms with Gasteiger partial charge in [-0.15, -0.1) is 0 Å². The molecule has 2 N–H and O–H groups in total. The fourth-order valence-corrected chi connectivity index (χ4v) is 2.43. The van der Waals surface area contributed by atoms with E-state index in [-0.39, 0.29) is 11.9 Å². The van der Waals surface area contributed by atoms with Crippen LogP contribution in [0.1, 0.15) is 27.2 Å². The summed E-state index contributed by atoms with van der Waals surface area (Å²) in [4.78, 5) is 15.9. The first-order valence-electron chi connectivity index (χ1n) is 5.42. The zero-order valence-corrected chi connectivity index (χ0v) is 10.4. The van der Waals surface area contributed by atoms with Crippen molar-refractivity contribution in [3.63, 3.8) is 0 Å². The van der Waals surface area contributed by atoms with Gasteiger partial charge in [0.25, 0.3) is 0 Å². The highest BCUT2D eigenvalue weighted by atomic mass is 32.2. The number of hydrogen-bond acceptors (Lipinski definition) is 4. The quantitative estimate of drug-likeness (QED) is 0.755. The topological polar surface area (TPSA) is 53.5 Å². The first-order valence-corrected chi connectivity index (χ1v) is 6.40. The number of carbonyl (C=O) groups is 1. The van der Waals surface area contributed by atoms with Gasteiger partial charge in [-0.2, -0.15) is 0 Å². The number of amidine groups is 1. The smallest absolute Gasteiger partial charge is 0.242 e. The summed E-state index contributed by atoms with van der Waals surface area (Å²) < 4.78 is 0. The fourth-order valence-electron chi connectivity index (χ4n) is 1.28. The number of aliphatic imine (C=N–C) groups is 1. The minimum absolute atomic E-state index is 0.0285. The highest BCUT2D eigenvalue weighted by Gasteiger charge is 2.20. The first-order chi connectivity index (χ1) is 7.17. The highest BCUT2D eigenvalue weighted by Crippen LogP contribution is 2.18. The highest BCUT2D eigenvalue weighted by molar-refractivity contribution is 8.14. The molecule has 1 amide bonds. The molecule has 1 rings (SSSR count). The van der Waals surface area contributed by atoms with Crippen molar-refractivity contribution in [2.75, 3.05) is 12.3 Å². The monoisotopic (exact) mass is 229 g/mol. The summed E-state index contributed by atoms with van der Waals surface area (Å²) in [7, 11) is 0. The third-order valence-electron chi connectivity index (χ3n) is 2.27. The molecule has 0 bridgehead atoms. The van der Waals surface area contributed by atoms with Crippen LogP contribution in [0.5, 0.6) is 0 Å². The molecule has 15 heavy (non-hydrogen) atoms. The lowest BCUT2D eigenvalue weighted by Gasteiger charge is -2.13. The van der Waals surface area contributed by atoms with E-state index in [0.29, 0.717) is 12.6 Å². The van der Waals surface area contributed by atoms with Crippen LogP contribution >= 0.6 is 11.8 Å². The van der Waals surface area contributed by atoms with E-state index in [0.717, 1.165) is 17.3 Å². The third kappa shape index (κ3) is 3.74. The second kappa shape index (κ2) is 6.00. The predicted octanol–water partition coefficient (Wildman–Crippen LogP) is 0.982. The molecule has 4 nitrogen and oxygen atoms in total. The molecule has 2 unspecified atom stereocenters. The summed E-state index contributed by atoms with van der Waals surface area (Å²) >= 11 is 1.70. The number of hydrogen-bond donors (Lipinski definition) is 2. The van der Waals surface area contributed by atoms with Crippen LogP contribution in [-0.4, -0.2) is 35.5 Å². The number of likely N-dealkylation sites (N-methyl/N-ethyl adjacent to an activating group) is 1. The number of thioether (sulfide) groups is 1. The Balaban J connectivity index is 2.38. The van der Waals surface area contributed by atoms with E-state index < -0.39 is 0 Å². The Hall–Kier alpha value is -0.710. The van der Waals surface area contributed by atoms with Gasteiger partial charge < -0.3 is 10.6 Å². The molecule has 0 saturated carbocycles. The standard InChI is InChI=1S/C10H19N3OS/c1-4-8-6-15-10(13-8)12-7(3)9(14)11-5-2/h7-8H,4-6H2,1-3H3,(H,11,14)(H,12,13). The molecular weight excluding hydrogens is 210 g/mol. The minimum Gasteiger partial charge on any atom is -0.355 e. The predicted molar refractivity (Wildman–Crippen MR) is 65.3 cm³/mol. The second-order valence-electron chi connectivity index (χ2n) is 3.57. The van der Waals surface area contributed by atoms with E-state index in [1.54, 1.807) is 11.8 Å². The van der Waals surface area contributed by atoms with Gasteiger partial charge in [0, 0.05) is 12.3 Å². The molecule has 86 valence electrons. The average Bonchev–Trinajstić information content (AvgIpc) is 2.66. The zero-order chi connectivity index (χ0) is 11.3. The molecule has 0 aromatic carbocycles. The average molecular weight is 229 g/mol. The van der Waals surface area contributed by atoms with Crippen LogP contribution in [0.3, 0.4) is 0 Å². The van der Waals surface area contributed by atoms with Crippen LogP contribution in [0, 0.1) is 0 Å². The number of amides is 1. The zero-order valence-electron chi connectivity index (χ0n) is 9.54. The molecular formula is C10H19N3OS. The Morgan fingerprint density at radius 3 is 2.93 bits per heavy atom. The molecule has 0 fully saturated rings. The van der Waals surface area contributed by atoms with E-state index in [1.165, 1.54) is 0 Å². The van der Waals surface area contributed by atoms with Gasteiger partial charge >= 0.3 is 0 Å². The Labute approximate surface area is 95.3 Å². The van der Waals surface area contributed by atoms with E-state index in [1.807, 2.05) is 13.8 Å². The molecule has 1 heterocycles. The van der Waals surface area contributed by atoms with Crippen molar-refractivity contribution < 1.29 is 4.79 Å². The second-order valence-corrected chi connectivity index (χ2v) is 4.58. The van der Waals surface area contributed by atoms with Crippen molar-refractivity contribution in [2.45, 2.75) is 39.3 Å². The van der Waals surface area contributed by atoms with Crippen LogP contribution in [0.4, 0.5) is 0 Å². The molecule has 0 aromatic rings. The van der Waals surface area contributed by atoms with Crippen molar-refractivity contribution >= 4 is 22.8 Å². The number of nitrogens with zero attached hydrogens (tertiary/aromatic N) is 1. The lowest BCUT2D eigenvalue weighted by Crippen LogP contribution is -2.43. The number of rotatable bonds is 4. The Bertz CT molecular complexity index is 255. The van der Waals surface area contributed by atoms with Crippen molar-refractivity contribution in [3.8, 4) is 0 Å². The summed E-state index contributed by atoms with van der Waals surface area (Å²) in [6.45, 7) is 6.57. The van der Waals surface area contributed by atoms with Crippen molar-refractivity contribution in [1.29, 1.82) is 0 Å². The summed E-state index contributed by atoms with van der Waals surface area (Å²) in [5.41, 5.74) is 0. The third-order valence-corrected chi connectivity index (χ3v) is 3.32. The fraction of sp³-hybridized carbons (Fsp3) is 0.800. The number of nitrogens with one attached hydrogen (secondary N) is 2. The summed E-state index contributed by atoms with van der Waals surface area (Å²) in [5.74, 6) is 1.06. The van der Waals surface area contributed by atoms with Gasteiger partial charge in [0.1, 0.15) is 6.04 Å². The van der Waals surface area contributed by atoms with Crippen molar-refractivity contribution in [3.05, 3.63) is 0 Å². The summed E-state index contributed by atoms with van der Waals surface area (Å²) in [6.07, 6.45) is 1.06. The van der Waals surface area contributed by atoms with Gasteiger partial charge in [-0.25, -0.2) is 0 Å². The van der Waals surface area contributed by atoms with Crippen LogP contribution in [-0.2, 0) is 4.79 Å². The molecule has 0 spiro atoms. The molecule has 0 radical (unpaired) electrons. The molecule has 2 atom stereocenters. The molecule has 1 aliphatic heterocycles. The van der Waals surface area contributed by atoms with Gasteiger partial charge in [-0.3, -0.25) is 9.79 Å². The van der Waals surface area contributed by atoms with Gasteiger partial charge in [0.05, 0.1) is 6.04 Å². The van der Waals surface area contributed by atoms with Crippen LogP contribution in [0.25, 0.3) is 0 Å². The van der Waals surface area contributed by atoms with Crippen LogP contribution in [0.15, 0.2) is 4.99 Å².